The van der Waals surface area contributed by atoms with Crippen LogP contribution in [0.5, 0.6) is 0 Å². The van der Waals surface area contributed by atoms with Crippen molar-refractivity contribution in [2.24, 2.45) is 0 Å². The molecule has 1 N–H and O–H groups in total. The Morgan fingerprint density at radius 1 is 1.27 bits per heavy atom. The molecule has 0 aliphatic carbocycles. The molecule has 2 amide bonds. The highest BCUT2D eigenvalue weighted by Gasteiger charge is 2.35. The van der Waals surface area contributed by atoms with Gasteiger partial charge in [0.25, 0.3) is 11.8 Å². The number of hydrogen-bond acceptors (Lipinski definition) is 5. The molecule has 30 heavy (non-hydrogen) atoms. The number of halogens is 3. The van der Waals surface area contributed by atoms with Crippen LogP contribution in [0.15, 0.2) is 47.3 Å². The van der Waals surface area contributed by atoms with Crippen LogP contribution in [0.1, 0.15) is 39.7 Å². The molecule has 1 atom stereocenters. The van der Waals surface area contributed by atoms with Gasteiger partial charge in [-0.25, -0.2) is 4.98 Å². The number of carbonyl (C=O) groups excluding carboxylic acids is 2. The van der Waals surface area contributed by atoms with Crippen molar-refractivity contribution in [1.29, 1.82) is 0 Å². The van der Waals surface area contributed by atoms with E-state index in [1.54, 1.807) is 6.92 Å². The average Bonchev–Trinajstić information content (AvgIpc) is 3.34. The van der Waals surface area contributed by atoms with Gasteiger partial charge in [-0.1, -0.05) is 0 Å². The number of nitrogens with zero attached hydrogens (tertiary/aromatic N) is 4. The van der Waals surface area contributed by atoms with Gasteiger partial charge in [-0.3, -0.25) is 14.3 Å². The maximum absolute atomic E-state index is 13.0. The molecular formula is C18H16F3N5O3S. The summed E-state index contributed by atoms with van der Waals surface area (Å²) in [5.41, 5.74) is -0.222. The van der Waals surface area contributed by atoms with E-state index >= 15 is 0 Å². The summed E-state index contributed by atoms with van der Waals surface area (Å²) in [5.74, 6) is -1.33. The number of hydrogen-bond donors (Lipinski definition) is 1. The number of rotatable bonds is 3. The highest BCUT2D eigenvalue weighted by Crippen LogP contribution is 2.33. The third-order valence-electron chi connectivity index (χ3n) is 4.49. The number of oxazole rings is 1. The number of aromatic nitrogens is 3. The van der Waals surface area contributed by atoms with E-state index in [4.69, 9.17) is 4.42 Å². The Hall–Kier alpha value is -3.28. The molecular weight excluding hydrogens is 423 g/mol. The SMILES string of the molecule is C[C@H]1CN(c2ccc(C(F)(F)F)cc2)C(=O)c2c(NC(=O)c3ncco3)cnn21.S. The molecule has 1 aliphatic rings. The zero-order valence-electron chi connectivity index (χ0n) is 15.5. The molecule has 4 rings (SSSR count). The lowest BCUT2D eigenvalue weighted by Crippen LogP contribution is -2.43. The second-order valence-electron chi connectivity index (χ2n) is 6.45. The fraction of sp³-hybridized carbons (Fsp3) is 0.222. The monoisotopic (exact) mass is 439 g/mol. The molecule has 0 radical (unpaired) electrons. The van der Waals surface area contributed by atoms with Crippen LogP contribution in [0.3, 0.4) is 0 Å². The quantitative estimate of drug-likeness (QED) is 0.675. The van der Waals surface area contributed by atoms with E-state index in [2.05, 4.69) is 15.4 Å². The van der Waals surface area contributed by atoms with Crippen molar-refractivity contribution in [2.45, 2.75) is 19.1 Å². The molecule has 2 aromatic heterocycles. The van der Waals surface area contributed by atoms with E-state index < -0.39 is 23.6 Å². The number of anilines is 2. The van der Waals surface area contributed by atoms with Gasteiger partial charge in [-0.2, -0.15) is 31.8 Å². The van der Waals surface area contributed by atoms with E-state index in [-0.39, 0.29) is 43.4 Å². The minimum absolute atomic E-state index is 0. The minimum Gasteiger partial charge on any atom is -0.441 e. The van der Waals surface area contributed by atoms with Crippen LogP contribution < -0.4 is 10.2 Å². The molecule has 8 nitrogen and oxygen atoms in total. The fourth-order valence-electron chi connectivity index (χ4n) is 3.12. The Morgan fingerprint density at radius 2 is 1.97 bits per heavy atom. The molecule has 0 unspecified atom stereocenters. The van der Waals surface area contributed by atoms with Crippen molar-refractivity contribution in [2.75, 3.05) is 16.8 Å². The minimum atomic E-state index is -4.46. The standard InChI is InChI=1S/C18H14F3N5O3.H2S/c1-10-9-25(12-4-2-11(3-5-12)18(19,20)21)17(28)14-13(8-23-26(10)14)24-15(27)16-22-6-7-29-16;/h2-8,10H,9H2,1H3,(H,24,27);1H2/t10-;/m0./s1. The van der Waals surface area contributed by atoms with Crippen LogP contribution in [0.25, 0.3) is 0 Å². The average molecular weight is 439 g/mol. The van der Waals surface area contributed by atoms with E-state index in [1.165, 1.54) is 40.4 Å². The second-order valence-corrected chi connectivity index (χ2v) is 6.45. The lowest BCUT2D eigenvalue weighted by Gasteiger charge is -2.32. The molecule has 12 heteroatoms. The van der Waals surface area contributed by atoms with Gasteiger partial charge in [0.05, 0.1) is 29.7 Å². The number of amides is 2. The van der Waals surface area contributed by atoms with Gasteiger partial charge in [0.15, 0.2) is 5.69 Å². The first-order valence-electron chi connectivity index (χ1n) is 8.53. The topological polar surface area (TPSA) is 93.3 Å². The highest BCUT2D eigenvalue weighted by molar-refractivity contribution is 7.59. The molecule has 0 saturated heterocycles. The predicted molar refractivity (Wildman–Crippen MR) is 105 cm³/mol. The third kappa shape index (κ3) is 3.77. The fourth-order valence-corrected chi connectivity index (χ4v) is 3.12. The normalized spacial score (nSPS) is 16.1. The van der Waals surface area contributed by atoms with Crippen LogP contribution >= 0.6 is 13.5 Å². The lowest BCUT2D eigenvalue weighted by atomic mass is 10.1. The van der Waals surface area contributed by atoms with Gasteiger partial charge < -0.3 is 14.6 Å². The predicted octanol–water partition coefficient (Wildman–Crippen LogP) is 3.48. The summed E-state index contributed by atoms with van der Waals surface area (Å²) < 4.78 is 44.8. The van der Waals surface area contributed by atoms with Gasteiger partial charge in [0.2, 0.25) is 0 Å². The van der Waals surface area contributed by atoms with Crippen molar-refractivity contribution in [3.05, 3.63) is 60.1 Å². The summed E-state index contributed by atoms with van der Waals surface area (Å²) in [4.78, 5) is 30.3. The van der Waals surface area contributed by atoms with E-state index in [0.717, 1.165) is 12.1 Å². The molecule has 1 aromatic carbocycles. The van der Waals surface area contributed by atoms with Crippen LogP contribution in [-0.2, 0) is 6.18 Å². The van der Waals surface area contributed by atoms with Gasteiger partial charge in [0.1, 0.15) is 6.26 Å². The van der Waals surface area contributed by atoms with Gasteiger partial charge in [0, 0.05) is 12.2 Å². The van der Waals surface area contributed by atoms with Crippen LogP contribution in [-0.4, -0.2) is 33.1 Å². The summed E-state index contributed by atoms with van der Waals surface area (Å²) >= 11 is 0. The molecule has 0 fully saturated rings. The largest absolute Gasteiger partial charge is 0.441 e. The first kappa shape index (κ1) is 21.4. The van der Waals surface area contributed by atoms with Crippen molar-refractivity contribution in [3.8, 4) is 0 Å². The second kappa shape index (κ2) is 7.86. The Labute approximate surface area is 175 Å². The molecule has 1 aliphatic heterocycles. The first-order chi connectivity index (χ1) is 13.8. The molecule has 0 bridgehead atoms. The summed E-state index contributed by atoms with van der Waals surface area (Å²) in [6.45, 7) is 2.02. The van der Waals surface area contributed by atoms with E-state index in [1.807, 2.05) is 0 Å². The van der Waals surface area contributed by atoms with Crippen molar-refractivity contribution < 1.29 is 27.2 Å². The van der Waals surface area contributed by atoms with Crippen molar-refractivity contribution >= 4 is 36.7 Å². The number of carbonyl (C=O) groups is 2. The van der Waals surface area contributed by atoms with Crippen LogP contribution in [0.2, 0.25) is 0 Å². The zero-order chi connectivity index (χ0) is 20.8. The maximum atomic E-state index is 13.0. The maximum Gasteiger partial charge on any atom is 0.416 e. The summed E-state index contributed by atoms with van der Waals surface area (Å²) in [7, 11) is 0. The first-order valence-corrected chi connectivity index (χ1v) is 8.53. The summed E-state index contributed by atoms with van der Waals surface area (Å²) in [5, 5.41) is 6.68. The van der Waals surface area contributed by atoms with Gasteiger partial charge >= 0.3 is 12.1 Å². The molecule has 3 heterocycles. The molecule has 0 saturated carbocycles. The van der Waals surface area contributed by atoms with Crippen molar-refractivity contribution in [3.63, 3.8) is 0 Å². The Balaban J connectivity index is 0.00000256. The summed E-state index contributed by atoms with van der Waals surface area (Å²) in [6, 6.07) is 4.06. The number of benzene rings is 1. The van der Waals surface area contributed by atoms with Crippen LogP contribution in [0, 0.1) is 0 Å². The Kier molecular flexibility index (Phi) is 5.61. The summed E-state index contributed by atoms with van der Waals surface area (Å²) in [6.07, 6.45) is -0.585. The zero-order valence-corrected chi connectivity index (χ0v) is 16.5. The highest BCUT2D eigenvalue weighted by atomic mass is 32.1. The molecule has 3 aromatic rings. The van der Waals surface area contributed by atoms with Gasteiger partial charge in [-0.05, 0) is 31.2 Å². The number of alkyl halides is 3. The smallest absolute Gasteiger partial charge is 0.416 e. The Morgan fingerprint density at radius 3 is 2.57 bits per heavy atom. The Bertz CT molecular complexity index is 1060. The number of nitrogens with one attached hydrogen (secondary N) is 1. The number of fused-ring (bicyclic) bond motifs is 1. The van der Waals surface area contributed by atoms with Crippen LogP contribution in [0.4, 0.5) is 24.5 Å². The van der Waals surface area contributed by atoms with Crippen molar-refractivity contribution in [1.82, 2.24) is 14.8 Å². The third-order valence-corrected chi connectivity index (χ3v) is 4.49. The lowest BCUT2D eigenvalue weighted by molar-refractivity contribution is -0.137. The van der Waals surface area contributed by atoms with E-state index in [0.29, 0.717) is 5.69 Å². The molecule has 158 valence electrons. The molecule has 0 spiro atoms. The van der Waals surface area contributed by atoms with E-state index in [9.17, 15) is 22.8 Å². The van der Waals surface area contributed by atoms with Gasteiger partial charge in [-0.15, -0.1) is 0 Å².